The summed E-state index contributed by atoms with van der Waals surface area (Å²) in [6, 6.07) is 7.04. The highest BCUT2D eigenvalue weighted by molar-refractivity contribution is 5.76. The fourth-order valence-corrected chi connectivity index (χ4v) is 1.90. The summed E-state index contributed by atoms with van der Waals surface area (Å²) in [4.78, 5) is 11.1. The lowest BCUT2D eigenvalue weighted by Gasteiger charge is -2.15. The van der Waals surface area contributed by atoms with Gasteiger partial charge >= 0.3 is 5.97 Å². The zero-order chi connectivity index (χ0) is 13.3. The number of carbonyl (C=O) groups is 1. The minimum atomic E-state index is -1.26. The number of nitrogens with two attached hydrogens (primary N) is 1. The molecule has 0 saturated carbocycles. The van der Waals surface area contributed by atoms with Crippen LogP contribution in [0.1, 0.15) is 11.5 Å². The van der Waals surface area contributed by atoms with E-state index in [1.54, 1.807) is 0 Å². The normalized spacial score (nSPS) is 22.4. The van der Waals surface area contributed by atoms with Crippen LogP contribution in [0, 0.1) is 17.1 Å². The van der Waals surface area contributed by atoms with Crippen LogP contribution in [0.2, 0.25) is 0 Å². The molecule has 2 unspecified atom stereocenters. The molecule has 0 bridgehead atoms. The molecular formula is C12H9FN2O3. The van der Waals surface area contributed by atoms with Gasteiger partial charge in [0.1, 0.15) is 17.5 Å². The molecule has 1 aliphatic rings. The molecule has 6 heteroatoms. The van der Waals surface area contributed by atoms with Gasteiger partial charge in [0.15, 0.2) is 5.88 Å². The number of carboxylic acids is 1. The first-order valence-electron chi connectivity index (χ1n) is 5.09. The van der Waals surface area contributed by atoms with Gasteiger partial charge in [0, 0.05) is 0 Å². The van der Waals surface area contributed by atoms with E-state index in [9.17, 15) is 9.18 Å². The molecule has 1 aliphatic heterocycles. The maximum atomic E-state index is 12.8. The predicted molar refractivity (Wildman–Crippen MR) is 58.5 cm³/mol. The first kappa shape index (κ1) is 11.9. The van der Waals surface area contributed by atoms with Crippen LogP contribution in [0.15, 0.2) is 35.7 Å². The predicted octanol–water partition coefficient (Wildman–Crippen LogP) is 1.09. The minimum absolute atomic E-state index is 0.0500. The highest BCUT2D eigenvalue weighted by Gasteiger charge is 2.42. The van der Waals surface area contributed by atoms with E-state index in [2.05, 4.69) is 0 Å². The maximum Gasteiger partial charge on any atom is 0.346 e. The molecule has 0 aromatic heterocycles. The van der Waals surface area contributed by atoms with Crippen LogP contribution in [-0.2, 0) is 9.53 Å². The van der Waals surface area contributed by atoms with Crippen molar-refractivity contribution in [1.29, 1.82) is 5.26 Å². The lowest BCUT2D eigenvalue weighted by Crippen LogP contribution is -2.27. The molecule has 0 saturated heterocycles. The van der Waals surface area contributed by atoms with Crippen molar-refractivity contribution in [3.63, 3.8) is 0 Å². The van der Waals surface area contributed by atoms with E-state index in [4.69, 9.17) is 20.8 Å². The largest absolute Gasteiger partial charge is 0.478 e. The highest BCUT2D eigenvalue weighted by Crippen LogP contribution is 2.37. The number of nitrogens with zero attached hydrogens (tertiary/aromatic N) is 1. The standard InChI is InChI=1S/C12H9FN2O3/c13-7-3-1-6(2-4-7)9-8(5-14)11(15)18-10(9)12(16)17/h1-4,9-10H,15H2,(H,16,17). The number of aliphatic carboxylic acids is 1. The van der Waals surface area contributed by atoms with Crippen molar-refractivity contribution in [2.24, 2.45) is 5.73 Å². The smallest absolute Gasteiger partial charge is 0.346 e. The molecule has 0 amide bonds. The molecule has 1 aromatic rings. The van der Waals surface area contributed by atoms with Crippen LogP contribution in [0.3, 0.4) is 0 Å². The number of rotatable bonds is 2. The number of hydrogen-bond acceptors (Lipinski definition) is 4. The topological polar surface area (TPSA) is 96.3 Å². The molecule has 5 nitrogen and oxygen atoms in total. The van der Waals surface area contributed by atoms with Gasteiger partial charge in [-0.1, -0.05) is 12.1 Å². The Bertz CT molecular complexity index is 560. The zero-order valence-corrected chi connectivity index (χ0v) is 9.13. The maximum absolute atomic E-state index is 12.8. The Balaban J connectivity index is 2.47. The number of hydrogen-bond donors (Lipinski definition) is 2. The summed E-state index contributed by atoms with van der Waals surface area (Å²) in [6.07, 6.45) is -1.26. The average molecular weight is 248 g/mol. The fourth-order valence-electron chi connectivity index (χ4n) is 1.90. The third kappa shape index (κ3) is 1.86. The van der Waals surface area contributed by atoms with E-state index in [0.717, 1.165) is 0 Å². The molecule has 0 radical (unpaired) electrons. The van der Waals surface area contributed by atoms with Gasteiger partial charge in [-0.05, 0) is 17.7 Å². The van der Waals surface area contributed by atoms with Crippen molar-refractivity contribution in [3.05, 3.63) is 47.1 Å². The van der Waals surface area contributed by atoms with E-state index >= 15 is 0 Å². The monoisotopic (exact) mass is 248 g/mol. The molecule has 1 aromatic carbocycles. The van der Waals surface area contributed by atoms with Crippen LogP contribution in [0.5, 0.6) is 0 Å². The second-order valence-electron chi connectivity index (χ2n) is 3.80. The average Bonchev–Trinajstić information content (AvgIpc) is 2.67. The van der Waals surface area contributed by atoms with Crippen molar-refractivity contribution >= 4 is 5.97 Å². The first-order chi connectivity index (χ1) is 8.54. The Morgan fingerprint density at radius 2 is 2.06 bits per heavy atom. The molecule has 0 spiro atoms. The summed E-state index contributed by atoms with van der Waals surface area (Å²) < 4.78 is 17.8. The first-order valence-corrected chi connectivity index (χ1v) is 5.09. The second-order valence-corrected chi connectivity index (χ2v) is 3.80. The quantitative estimate of drug-likeness (QED) is 0.816. The van der Waals surface area contributed by atoms with E-state index in [1.165, 1.54) is 24.3 Å². The van der Waals surface area contributed by atoms with E-state index in [0.29, 0.717) is 5.56 Å². The molecule has 3 N–H and O–H groups in total. The third-order valence-electron chi connectivity index (χ3n) is 2.73. The van der Waals surface area contributed by atoms with E-state index < -0.39 is 23.8 Å². The number of carboxylic acid groups (broad SMARTS) is 1. The lowest BCUT2D eigenvalue weighted by atomic mass is 9.88. The van der Waals surface area contributed by atoms with Gasteiger partial charge in [-0.15, -0.1) is 0 Å². The summed E-state index contributed by atoms with van der Waals surface area (Å²) in [5.74, 6) is -2.68. The Labute approximate surface area is 102 Å². The van der Waals surface area contributed by atoms with Crippen molar-refractivity contribution < 1.29 is 19.0 Å². The third-order valence-corrected chi connectivity index (χ3v) is 2.73. The van der Waals surface area contributed by atoms with Crippen molar-refractivity contribution in [3.8, 4) is 6.07 Å². The van der Waals surface area contributed by atoms with Crippen molar-refractivity contribution in [2.45, 2.75) is 12.0 Å². The number of benzene rings is 1. The summed E-state index contributed by atoms with van der Waals surface area (Å²) in [5.41, 5.74) is 6.00. The number of ether oxygens (including phenoxy) is 1. The summed E-state index contributed by atoms with van der Waals surface area (Å²) >= 11 is 0. The van der Waals surface area contributed by atoms with Gasteiger partial charge in [-0.25, -0.2) is 9.18 Å². The minimum Gasteiger partial charge on any atom is -0.478 e. The van der Waals surface area contributed by atoms with Gasteiger partial charge in [-0.3, -0.25) is 0 Å². The van der Waals surface area contributed by atoms with Gasteiger partial charge in [0.25, 0.3) is 0 Å². The SMILES string of the molecule is N#CC1=C(N)OC(C(=O)O)C1c1ccc(F)cc1. The highest BCUT2D eigenvalue weighted by atomic mass is 19.1. The van der Waals surface area contributed by atoms with E-state index in [-0.39, 0.29) is 11.5 Å². The van der Waals surface area contributed by atoms with Gasteiger partial charge in [0.2, 0.25) is 6.10 Å². The van der Waals surface area contributed by atoms with Gasteiger partial charge < -0.3 is 15.6 Å². The van der Waals surface area contributed by atoms with Crippen molar-refractivity contribution in [1.82, 2.24) is 0 Å². The van der Waals surface area contributed by atoms with Crippen LogP contribution in [0.4, 0.5) is 4.39 Å². The molecule has 92 valence electrons. The van der Waals surface area contributed by atoms with E-state index in [1.807, 2.05) is 6.07 Å². The molecule has 1 heterocycles. The van der Waals surface area contributed by atoms with Crippen LogP contribution < -0.4 is 5.73 Å². The Hall–Kier alpha value is -2.55. The molecule has 18 heavy (non-hydrogen) atoms. The fraction of sp³-hybridized carbons (Fsp3) is 0.167. The van der Waals surface area contributed by atoms with Crippen molar-refractivity contribution in [2.75, 3.05) is 0 Å². The molecular weight excluding hydrogens is 239 g/mol. The van der Waals surface area contributed by atoms with Gasteiger partial charge in [0.05, 0.1) is 5.92 Å². The molecule has 2 rings (SSSR count). The Morgan fingerprint density at radius 1 is 1.44 bits per heavy atom. The van der Waals surface area contributed by atoms with Gasteiger partial charge in [-0.2, -0.15) is 5.26 Å². The Morgan fingerprint density at radius 3 is 2.56 bits per heavy atom. The molecule has 2 atom stereocenters. The Kier molecular flexibility index (Phi) is 2.90. The molecule has 0 fully saturated rings. The summed E-state index contributed by atoms with van der Waals surface area (Å²) in [6.45, 7) is 0. The van der Waals surface area contributed by atoms with Crippen LogP contribution in [0.25, 0.3) is 0 Å². The summed E-state index contributed by atoms with van der Waals surface area (Å²) in [7, 11) is 0. The zero-order valence-electron chi connectivity index (χ0n) is 9.13. The second kappa shape index (κ2) is 4.37. The number of nitriles is 1. The summed E-state index contributed by atoms with van der Waals surface area (Å²) in [5, 5.41) is 18.0. The lowest BCUT2D eigenvalue weighted by molar-refractivity contribution is -0.147. The van der Waals surface area contributed by atoms with Crippen LogP contribution >= 0.6 is 0 Å². The molecule has 0 aliphatic carbocycles. The number of halogens is 1. The van der Waals surface area contributed by atoms with Crippen LogP contribution in [-0.4, -0.2) is 17.2 Å².